The van der Waals surface area contributed by atoms with Crippen molar-refractivity contribution >= 4 is 5.97 Å². The average Bonchev–Trinajstić information content (AvgIpc) is 2.28. The molecule has 0 amide bonds. The van der Waals surface area contributed by atoms with Gasteiger partial charge in [-0.25, -0.2) is 4.79 Å². The molecule has 0 spiro atoms. The van der Waals surface area contributed by atoms with Crippen molar-refractivity contribution in [1.82, 2.24) is 5.32 Å². The number of ether oxygens (including phenoxy) is 1. The van der Waals surface area contributed by atoms with E-state index in [-0.39, 0.29) is 5.97 Å². The van der Waals surface area contributed by atoms with E-state index in [1.54, 1.807) is 6.92 Å². The van der Waals surface area contributed by atoms with Gasteiger partial charge in [0.15, 0.2) is 0 Å². The molecular formula is C15H21NO2. The highest BCUT2D eigenvalue weighted by molar-refractivity contribution is 5.82. The number of hydrogen-bond acceptors (Lipinski definition) is 3. The van der Waals surface area contributed by atoms with Crippen LogP contribution in [0.2, 0.25) is 0 Å². The molecule has 1 rings (SSSR count). The van der Waals surface area contributed by atoms with E-state index in [2.05, 4.69) is 37.4 Å². The fraction of sp³-hybridized carbons (Fsp3) is 0.400. The molecule has 0 aliphatic rings. The number of esters is 1. The first-order chi connectivity index (χ1) is 8.52. The molecule has 0 aromatic heterocycles. The SMILES string of the molecule is CCOC(=O)C=C(C)NCc1ccc(C)cc1C. The maximum absolute atomic E-state index is 11.2. The Bertz CT molecular complexity index is 450. The van der Waals surface area contributed by atoms with E-state index >= 15 is 0 Å². The molecule has 0 aliphatic carbocycles. The molecule has 18 heavy (non-hydrogen) atoms. The Kier molecular flexibility index (Phi) is 5.43. The van der Waals surface area contributed by atoms with Crippen LogP contribution >= 0.6 is 0 Å². The Morgan fingerprint density at radius 3 is 2.72 bits per heavy atom. The molecule has 0 bridgehead atoms. The normalized spacial score (nSPS) is 11.2. The summed E-state index contributed by atoms with van der Waals surface area (Å²) in [5, 5.41) is 3.21. The van der Waals surface area contributed by atoms with Crippen LogP contribution in [0.3, 0.4) is 0 Å². The van der Waals surface area contributed by atoms with E-state index in [4.69, 9.17) is 4.74 Å². The van der Waals surface area contributed by atoms with E-state index < -0.39 is 0 Å². The molecule has 0 radical (unpaired) electrons. The quantitative estimate of drug-likeness (QED) is 0.642. The minimum absolute atomic E-state index is 0.303. The zero-order valence-corrected chi connectivity index (χ0v) is 11.5. The first-order valence-corrected chi connectivity index (χ1v) is 6.18. The first-order valence-electron chi connectivity index (χ1n) is 6.18. The molecule has 0 saturated heterocycles. The van der Waals surface area contributed by atoms with Crippen LogP contribution in [0.1, 0.15) is 30.5 Å². The molecule has 3 heteroatoms. The number of aryl methyl sites for hydroxylation is 2. The predicted molar refractivity (Wildman–Crippen MR) is 73.1 cm³/mol. The van der Waals surface area contributed by atoms with Crippen molar-refractivity contribution < 1.29 is 9.53 Å². The molecule has 0 unspecified atom stereocenters. The predicted octanol–water partition coefficient (Wildman–Crippen LogP) is 2.86. The lowest BCUT2D eigenvalue weighted by atomic mass is 10.1. The Balaban J connectivity index is 2.57. The lowest BCUT2D eigenvalue weighted by Gasteiger charge is -2.10. The van der Waals surface area contributed by atoms with Crippen LogP contribution in [0.5, 0.6) is 0 Å². The summed E-state index contributed by atoms with van der Waals surface area (Å²) in [6.07, 6.45) is 1.48. The third-order valence-electron chi connectivity index (χ3n) is 2.68. The Morgan fingerprint density at radius 2 is 2.11 bits per heavy atom. The van der Waals surface area contributed by atoms with E-state index in [1.165, 1.54) is 22.8 Å². The monoisotopic (exact) mass is 247 g/mol. The van der Waals surface area contributed by atoms with Crippen LogP contribution in [0.25, 0.3) is 0 Å². The highest BCUT2D eigenvalue weighted by Gasteiger charge is 2.00. The average molecular weight is 247 g/mol. The minimum Gasteiger partial charge on any atom is -0.463 e. The number of nitrogens with one attached hydrogen (secondary N) is 1. The highest BCUT2D eigenvalue weighted by Crippen LogP contribution is 2.10. The molecule has 3 nitrogen and oxygen atoms in total. The summed E-state index contributed by atoms with van der Waals surface area (Å²) >= 11 is 0. The third kappa shape index (κ3) is 4.62. The van der Waals surface area contributed by atoms with Crippen molar-refractivity contribution in [3.63, 3.8) is 0 Å². The van der Waals surface area contributed by atoms with Crippen LogP contribution < -0.4 is 5.32 Å². The maximum Gasteiger partial charge on any atom is 0.332 e. The molecule has 98 valence electrons. The minimum atomic E-state index is -0.303. The molecular weight excluding hydrogens is 226 g/mol. The number of benzene rings is 1. The van der Waals surface area contributed by atoms with Gasteiger partial charge in [0.25, 0.3) is 0 Å². The molecule has 1 aromatic carbocycles. The van der Waals surface area contributed by atoms with Gasteiger partial charge in [-0.15, -0.1) is 0 Å². The highest BCUT2D eigenvalue weighted by atomic mass is 16.5. The second kappa shape index (κ2) is 6.84. The molecule has 0 heterocycles. The van der Waals surface area contributed by atoms with Gasteiger partial charge in [-0.2, -0.15) is 0 Å². The first kappa shape index (κ1) is 14.3. The number of carbonyl (C=O) groups is 1. The van der Waals surface area contributed by atoms with Crippen molar-refractivity contribution in [2.75, 3.05) is 6.61 Å². The summed E-state index contributed by atoms with van der Waals surface area (Å²) in [6, 6.07) is 6.35. The van der Waals surface area contributed by atoms with Gasteiger partial charge in [0.05, 0.1) is 6.61 Å². The molecule has 0 atom stereocenters. The van der Waals surface area contributed by atoms with Crippen molar-refractivity contribution in [2.24, 2.45) is 0 Å². The lowest BCUT2D eigenvalue weighted by molar-refractivity contribution is -0.137. The number of rotatable bonds is 5. The Labute approximate surface area is 109 Å². The van der Waals surface area contributed by atoms with Crippen molar-refractivity contribution in [1.29, 1.82) is 0 Å². The van der Waals surface area contributed by atoms with Crippen LogP contribution in [0.15, 0.2) is 30.0 Å². The summed E-state index contributed by atoms with van der Waals surface area (Å²) in [5.74, 6) is -0.303. The van der Waals surface area contributed by atoms with Crippen molar-refractivity contribution in [3.8, 4) is 0 Å². The number of allylic oxidation sites excluding steroid dienone is 1. The Morgan fingerprint density at radius 1 is 1.39 bits per heavy atom. The van der Waals surface area contributed by atoms with Gasteiger partial charge in [0.1, 0.15) is 0 Å². The van der Waals surface area contributed by atoms with Gasteiger partial charge < -0.3 is 10.1 Å². The fourth-order valence-electron chi connectivity index (χ4n) is 1.69. The van der Waals surface area contributed by atoms with Gasteiger partial charge in [-0.05, 0) is 38.8 Å². The summed E-state index contributed by atoms with van der Waals surface area (Å²) < 4.78 is 4.85. The standard InChI is InChI=1S/C15H21NO2/c1-5-18-15(17)9-13(4)16-10-14-7-6-11(2)8-12(14)3/h6-9,16H,5,10H2,1-4H3. The fourth-order valence-corrected chi connectivity index (χ4v) is 1.69. The van der Waals surface area contributed by atoms with Crippen molar-refractivity contribution in [3.05, 3.63) is 46.7 Å². The summed E-state index contributed by atoms with van der Waals surface area (Å²) in [4.78, 5) is 11.2. The lowest BCUT2D eigenvalue weighted by Crippen LogP contribution is -2.13. The zero-order chi connectivity index (χ0) is 13.5. The largest absolute Gasteiger partial charge is 0.463 e. The van der Waals surface area contributed by atoms with Gasteiger partial charge in [-0.1, -0.05) is 23.8 Å². The zero-order valence-electron chi connectivity index (χ0n) is 11.5. The van der Waals surface area contributed by atoms with Crippen LogP contribution in [0, 0.1) is 13.8 Å². The summed E-state index contributed by atoms with van der Waals surface area (Å²) in [7, 11) is 0. The van der Waals surface area contributed by atoms with Crippen molar-refractivity contribution in [2.45, 2.75) is 34.2 Å². The maximum atomic E-state index is 11.2. The van der Waals surface area contributed by atoms with Crippen LogP contribution in [-0.4, -0.2) is 12.6 Å². The molecule has 1 N–H and O–H groups in total. The Hall–Kier alpha value is -1.77. The second-order valence-electron chi connectivity index (χ2n) is 4.36. The molecule has 0 saturated carbocycles. The van der Waals surface area contributed by atoms with E-state index in [0.717, 1.165) is 5.70 Å². The third-order valence-corrected chi connectivity index (χ3v) is 2.68. The number of carbonyl (C=O) groups excluding carboxylic acids is 1. The van der Waals surface area contributed by atoms with E-state index in [0.29, 0.717) is 13.2 Å². The van der Waals surface area contributed by atoms with E-state index in [9.17, 15) is 4.79 Å². The van der Waals surface area contributed by atoms with Crippen LogP contribution in [-0.2, 0) is 16.1 Å². The van der Waals surface area contributed by atoms with Gasteiger partial charge in [0, 0.05) is 18.3 Å². The van der Waals surface area contributed by atoms with Crippen LogP contribution in [0.4, 0.5) is 0 Å². The van der Waals surface area contributed by atoms with Gasteiger partial charge >= 0.3 is 5.97 Å². The molecule has 0 fully saturated rings. The topological polar surface area (TPSA) is 38.3 Å². The van der Waals surface area contributed by atoms with Gasteiger partial charge in [0.2, 0.25) is 0 Å². The molecule has 1 aromatic rings. The summed E-state index contributed by atoms with van der Waals surface area (Å²) in [6.45, 7) is 8.95. The van der Waals surface area contributed by atoms with E-state index in [1.807, 2.05) is 6.92 Å². The second-order valence-corrected chi connectivity index (χ2v) is 4.36. The number of hydrogen-bond donors (Lipinski definition) is 1. The smallest absolute Gasteiger partial charge is 0.332 e. The summed E-state index contributed by atoms with van der Waals surface area (Å²) in [5.41, 5.74) is 4.56. The van der Waals surface area contributed by atoms with Gasteiger partial charge in [-0.3, -0.25) is 0 Å². The molecule has 0 aliphatic heterocycles.